The second-order valence-corrected chi connectivity index (χ2v) is 8.87. The summed E-state index contributed by atoms with van der Waals surface area (Å²) in [5.41, 5.74) is 11.7. The number of hydrogen-bond donors (Lipinski definition) is 2. The third-order valence-electron chi connectivity index (χ3n) is 6.96. The lowest BCUT2D eigenvalue weighted by atomic mass is 9.86. The van der Waals surface area contributed by atoms with Crippen LogP contribution in [0.15, 0.2) is 24.5 Å². The number of aryl methyl sites for hydroxylation is 1. The summed E-state index contributed by atoms with van der Waals surface area (Å²) < 4.78 is 21.9. The van der Waals surface area contributed by atoms with E-state index in [0.717, 1.165) is 67.8 Å². The van der Waals surface area contributed by atoms with E-state index in [1.54, 1.807) is 18.5 Å². The van der Waals surface area contributed by atoms with E-state index in [4.69, 9.17) is 10.5 Å². The van der Waals surface area contributed by atoms with Crippen molar-refractivity contribution < 1.29 is 13.7 Å². The Morgan fingerprint density at radius 1 is 1.17 bits per heavy atom. The lowest BCUT2D eigenvalue weighted by Crippen LogP contribution is -2.47. The van der Waals surface area contributed by atoms with Crippen molar-refractivity contribution in [2.24, 2.45) is 0 Å². The Bertz CT molecular complexity index is 1120. The molecule has 0 bridgehead atoms. The van der Waals surface area contributed by atoms with Gasteiger partial charge in [0, 0.05) is 30.9 Å². The van der Waals surface area contributed by atoms with Crippen LogP contribution >= 0.6 is 0 Å². The summed E-state index contributed by atoms with van der Waals surface area (Å²) in [5, 5.41) is 0.915. The summed E-state index contributed by atoms with van der Waals surface area (Å²) in [4.78, 5) is 10.5. The molecule has 3 aromatic rings. The predicted octanol–water partition coefficient (Wildman–Crippen LogP) is 2.63. The number of fused-ring (bicyclic) bond motifs is 2. The van der Waals surface area contributed by atoms with Gasteiger partial charge in [-0.25, -0.2) is 8.96 Å². The Kier molecular flexibility index (Phi) is 4.28. The maximum absolute atomic E-state index is 14.5. The van der Waals surface area contributed by atoms with Crippen molar-refractivity contribution in [3.63, 3.8) is 0 Å². The first-order valence-corrected chi connectivity index (χ1v) is 11.0. The van der Waals surface area contributed by atoms with Gasteiger partial charge in [0.2, 0.25) is 17.8 Å². The number of ether oxygens (including phenoxy) is 1. The van der Waals surface area contributed by atoms with Crippen LogP contribution in [-0.2, 0) is 17.6 Å². The molecule has 1 atom stereocenters. The van der Waals surface area contributed by atoms with Gasteiger partial charge in [-0.15, -0.1) is 0 Å². The van der Waals surface area contributed by atoms with Gasteiger partial charge in [-0.1, -0.05) is 4.98 Å². The molecule has 2 aliphatic carbocycles. The summed E-state index contributed by atoms with van der Waals surface area (Å²) in [5.74, 6) is 1.00. The van der Waals surface area contributed by atoms with Crippen LogP contribution in [0.3, 0.4) is 0 Å². The van der Waals surface area contributed by atoms with Crippen molar-refractivity contribution in [3.8, 4) is 5.69 Å². The average molecular weight is 409 g/mol. The van der Waals surface area contributed by atoms with E-state index in [9.17, 15) is 4.39 Å². The number of nitrogen functional groups attached to an aromatic ring is 1. The van der Waals surface area contributed by atoms with Gasteiger partial charge in [0.05, 0.1) is 13.2 Å². The lowest BCUT2D eigenvalue weighted by Gasteiger charge is -2.37. The van der Waals surface area contributed by atoms with Crippen LogP contribution in [0.1, 0.15) is 42.0 Å². The SMILES string of the molecule is Nc1c2cc(C3CC3)[nH]c2nc[n+]1-c1cc(F)cc2c1C[C@@H](N1CCOCC1)CC2. The van der Waals surface area contributed by atoms with E-state index < -0.39 is 0 Å². The molecule has 0 spiro atoms. The third-order valence-corrected chi connectivity index (χ3v) is 6.96. The molecule has 6 nitrogen and oxygen atoms in total. The minimum Gasteiger partial charge on any atom is -0.379 e. The van der Waals surface area contributed by atoms with E-state index >= 15 is 0 Å². The molecule has 0 unspecified atom stereocenters. The molecule has 1 saturated carbocycles. The van der Waals surface area contributed by atoms with Gasteiger partial charge in [0.25, 0.3) is 0 Å². The van der Waals surface area contributed by atoms with E-state index in [1.165, 1.54) is 24.1 Å². The van der Waals surface area contributed by atoms with Gasteiger partial charge in [-0.2, -0.15) is 0 Å². The molecule has 30 heavy (non-hydrogen) atoms. The third kappa shape index (κ3) is 3.08. The zero-order valence-corrected chi connectivity index (χ0v) is 17.0. The molecule has 3 N–H and O–H groups in total. The standard InChI is InChI=1S/C23H26FN5O/c24-16-9-15-3-4-17(28-5-7-30-8-6-28)11-18(15)21(10-16)29-13-26-23-19(22(29)25)12-20(27-23)14-1-2-14/h9-10,12-14,17H,1-8,11H2,(H2,25,27)/p+1/t17-/m0/s1. The van der Waals surface area contributed by atoms with Gasteiger partial charge in [0.1, 0.15) is 16.9 Å². The number of aromatic amines is 1. The van der Waals surface area contributed by atoms with Crippen LogP contribution in [0.25, 0.3) is 16.7 Å². The first-order chi connectivity index (χ1) is 14.7. The monoisotopic (exact) mass is 408 g/mol. The highest BCUT2D eigenvalue weighted by Gasteiger charge is 2.31. The maximum atomic E-state index is 14.5. The van der Waals surface area contributed by atoms with Crippen LogP contribution in [-0.4, -0.2) is 47.2 Å². The van der Waals surface area contributed by atoms with Crippen molar-refractivity contribution >= 4 is 16.9 Å². The maximum Gasteiger partial charge on any atom is 0.236 e. The predicted molar refractivity (Wildman–Crippen MR) is 112 cm³/mol. The number of benzene rings is 1. The van der Waals surface area contributed by atoms with Gasteiger partial charge >= 0.3 is 0 Å². The first kappa shape index (κ1) is 18.3. The van der Waals surface area contributed by atoms with E-state index in [-0.39, 0.29) is 5.82 Å². The highest BCUT2D eigenvalue weighted by Crippen LogP contribution is 2.40. The number of nitrogens with zero attached hydrogens (tertiary/aromatic N) is 3. The molecule has 1 saturated heterocycles. The zero-order valence-electron chi connectivity index (χ0n) is 17.0. The normalized spacial score (nSPS) is 22.4. The zero-order chi connectivity index (χ0) is 20.2. The molecule has 3 heterocycles. The first-order valence-electron chi connectivity index (χ1n) is 11.0. The minimum atomic E-state index is -0.215. The smallest absolute Gasteiger partial charge is 0.236 e. The van der Waals surface area contributed by atoms with Crippen molar-refractivity contribution in [2.45, 2.75) is 44.1 Å². The van der Waals surface area contributed by atoms with Gasteiger partial charge in [0.15, 0.2) is 0 Å². The fourth-order valence-electron chi connectivity index (χ4n) is 5.14. The fraction of sp³-hybridized carbons (Fsp3) is 0.478. The molecule has 2 aromatic heterocycles. The molecule has 1 aromatic carbocycles. The lowest BCUT2D eigenvalue weighted by molar-refractivity contribution is -0.582. The number of anilines is 1. The number of hydrogen-bond acceptors (Lipinski definition) is 4. The molecule has 156 valence electrons. The van der Waals surface area contributed by atoms with E-state index in [1.807, 2.05) is 4.57 Å². The van der Waals surface area contributed by atoms with Crippen LogP contribution in [0.4, 0.5) is 10.2 Å². The van der Waals surface area contributed by atoms with Crippen LogP contribution < -0.4 is 10.3 Å². The van der Waals surface area contributed by atoms with Crippen LogP contribution in [0.5, 0.6) is 0 Å². The number of rotatable bonds is 3. The minimum absolute atomic E-state index is 0.215. The van der Waals surface area contributed by atoms with Gasteiger partial charge < -0.3 is 15.5 Å². The second kappa shape index (κ2) is 7.03. The highest BCUT2D eigenvalue weighted by atomic mass is 19.1. The molecule has 6 rings (SSSR count). The summed E-state index contributed by atoms with van der Waals surface area (Å²) in [6, 6.07) is 5.88. The van der Waals surface area contributed by atoms with Crippen molar-refractivity contribution in [2.75, 3.05) is 32.0 Å². The molecular weight excluding hydrogens is 381 g/mol. The number of H-pyrrole nitrogens is 1. The molecule has 1 aliphatic heterocycles. The van der Waals surface area contributed by atoms with Crippen LogP contribution in [0.2, 0.25) is 0 Å². The molecular formula is C23H27FN5O+. The summed E-state index contributed by atoms with van der Waals surface area (Å²) in [6.45, 7) is 3.51. The van der Waals surface area contributed by atoms with Crippen molar-refractivity contribution in [1.29, 1.82) is 0 Å². The number of nitrogens with one attached hydrogen (secondary N) is 1. The largest absolute Gasteiger partial charge is 0.379 e. The highest BCUT2D eigenvalue weighted by molar-refractivity contribution is 5.85. The number of nitrogens with two attached hydrogens (primary N) is 1. The molecule has 3 aliphatic rings. The van der Waals surface area contributed by atoms with E-state index in [0.29, 0.717) is 17.8 Å². The molecule has 7 heteroatoms. The molecule has 2 fully saturated rings. The Labute approximate surface area is 174 Å². The summed E-state index contributed by atoms with van der Waals surface area (Å²) in [6.07, 6.45) is 7.00. The van der Waals surface area contributed by atoms with Gasteiger partial charge in [-0.05, 0) is 61.3 Å². The van der Waals surface area contributed by atoms with Crippen molar-refractivity contribution in [3.05, 3.63) is 47.2 Å². The Morgan fingerprint density at radius 3 is 2.80 bits per heavy atom. The second-order valence-electron chi connectivity index (χ2n) is 8.87. The number of aromatic nitrogens is 3. The molecule has 0 amide bonds. The Morgan fingerprint density at radius 2 is 2.00 bits per heavy atom. The molecule has 0 radical (unpaired) electrons. The Hall–Kier alpha value is -2.51. The van der Waals surface area contributed by atoms with Crippen LogP contribution in [0, 0.1) is 5.82 Å². The topological polar surface area (TPSA) is 71.1 Å². The van der Waals surface area contributed by atoms with E-state index in [2.05, 4.69) is 20.9 Å². The average Bonchev–Trinajstić information content (AvgIpc) is 3.53. The summed E-state index contributed by atoms with van der Waals surface area (Å²) >= 11 is 0. The summed E-state index contributed by atoms with van der Waals surface area (Å²) in [7, 11) is 0. The number of morpholine rings is 1. The van der Waals surface area contributed by atoms with Crippen molar-refractivity contribution in [1.82, 2.24) is 14.9 Å². The van der Waals surface area contributed by atoms with Gasteiger partial charge in [-0.3, -0.25) is 4.90 Å². The Balaban J connectivity index is 1.42. The number of halogens is 1. The quantitative estimate of drug-likeness (QED) is 0.654. The fourth-order valence-corrected chi connectivity index (χ4v) is 5.14.